The number of carbonyl (C=O) groups is 2. The van der Waals surface area contributed by atoms with Crippen LogP contribution in [0.3, 0.4) is 0 Å². The molecular weight excluding hydrogens is 327 g/mol. The molecule has 1 saturated carbocycles. The minimum atomic E-state index is -0.604. The predicted molar refractivity (Wildman–Crippen MR) is 86.1 cm³/mol. The standard InChI is InChI=1S/C15H18Cl2N2O3/c1-19(15(22)10-3-2-4-13(10)20)8-14(21)18-9-5-6-11(16)12(17)7-9/h5-7,10,13,20H,2-4,8H2,1H3,(H,18,21). The van der Waals surface area contributed by atoms with Crippen LogP contribution < -0.4 is 5.32 Å². The SMILES string of the molecule is CN(CC(=O)Nc1ccc(Cl)c(Cl)c1)C(=O)C1CCCC1O. The molecule has 2 atom stereocenters. The predicted octanol–water partition coefficient (Wildman–Crippen LogP) is 2.55. The highest BCUT2D eigenvalue weighted by atomic mass is 35.5. The average molecular weight is 345 g/mol. The van der Waals surface area contributed by atoms with Crippen molar-refractivity contribution in [1.29, 1.82) is 0 Å². The van der Waals surface area contributed by atoms with Gasteiger partial charge in [-0.05, 0) is 37.5 Å². The monoisotopic (exact) mass is 344 g/mol. The Morgan fingerprint density at radius 2 is 2.05 bits per heavy atom. The zero-order chi connectivity index (χ0) is 16.3. The van der Waals surface area contributed by atoms with Gasteiger partial charge >= 0.3 is 0 Å². The van der Waals surface area contributed by atoms with Crippen LogP contribution in [-0.4, -0.2) is 41.5 Å². The summed E-state index contributed by atoms with van der Waals surface area (Å²) in [5, 5.41) is 13.2. The molecule has 1 aliphatic rings. The molecule has 22 heavy (non-hydrogen) atoms. The number of carbonyl (C=O) groups excluding carboxylic acids is 2. The lowest BCUT2D eigenvalue weighted by Crippen LogP contribution is -2.40. The first kappa shape index (κ1) is 17.1. The van der Waals surface area contributed by atoms with Gasteiger partial charge in [0.25, 0.3) is 0 Å². The number of rotatable bonds is 4. The van der Waals surface area contributed by atoms with Crippen molar-refractivity contribution >= 4 is 40.7 Å². The summed E-state index contributed by atoms with van der Waals surface area (Å²) in [6, 6.07) is 4.77. The van der Waals surface area contributed by atoms with Crippen molar-refractivity contribution in [3.8, 4) is 0 Å². The average Bonchev–Trinajstić information content (AvgIpc) is 2.88. The number of aliphatic hydroxyl groups is 1. The van der Waals surface area contributed by atoms with Crippen LogP contribution >= 0.6 is 23.2 Å². The first-order valence-electron chi connectivity index (χ1n) is 7.06. The second kappa shape index (κ2) is 7.31. The molecule has 1 fully saturated rings. The molecule has 2 unspecified atom stereocenters. The summed E-state index contributed by atoms with van der Waals surface area (Å²) in [5.74, 6) is -0.932. The highest BCUT2D eigenvalue weighted by Crippen LogP contribution is 2.27. The summed E-state index contributed by atoms with van der Waals surface area (Å²) in [7, 11) is 1.56. The fourth-order valence-corrected chi connectivity index (χ4v) is 2.88. The van der Waals surface area contributed by atoms with E-state index in [4.69, 9.17) is 23.2 Å². The molecule has 0 heterocycles. The number of likely N-dealkylation sites (N-methyl/N-ethyl adjacent to an activating group) is 1. The molecule has 2 rings (SSSR count). The normalized spacial score (nSPS) is 20.7. The summed E-state index contributed by atoms with van der Waals surface area (Å²) in [4.78, 5) is 25.5. The van der Waals surface area contributed by atoms with Crippen molar-refractivity contribution in [2.75, 3.05) is 18.9 Å². The van der Waals surface area contributed by atoms with Gasteiger partial charge in [-0.1, -0.05) is 23.2 Å². The quantitative estimate of drug-likeness (QED) is 0.881. The minimum absolute atomic E-state index is 0.0811. The number of amides is 2. The summed E-state index contributed by atoms with van der Waals surface area (Å²) in [6.07, 6.45) is 1.53. The minimum Gasteiger partial charge on any atom is -0.392 e. The van der Waals surface area contributed by atoms with Gasteiger partial charge in [0, 0.05) is 12.7 Å². The van der Waals surface area contributed by atoms with Crippen LogP contribution in [0.1, 0.15) is 19.3 Å². The number of aliphatic hydroxyl groups excluding tert-OH is 1. The molecule has 0 saturated heterocycles. The van der Waals surface area contributed by atoms with Crippen molar-refractivity contribution in [3.63, 3.8) is 0 Å². The van der Waals surface area contributed by atoms with Gasteiger partial charge in [0.1, 0.15) is 0 Å². The van der Waals surface area contributed by atoms with Gasteiger partial charge in [-0.2, -0.15) is 0 Å². The lowest BCUT2D eigenvalue weighted by molar-refractivity contribution is -0.139. The van der Waals surface area contributed by atoms with Crippen LogP contribution in [0.2, 0.25) is 10.0 Å². The molecule has 1 aliphatic carbocycles. The topological polar surface area (TPSA) is 69.6 Å². The second-order valence-electron chi connectivity index (χ2n) is 5.48. The Labute approximate surface area is 139 Å². The van der Waals surface area contributed by atoms with E-state index < -0.39 is 12.0 Å². The molecule has 1 aromatic rings. The zero-order valence-corrected chi connectivity index (χ0v) is 13.7. The molecular formula is C15H18Cl2N2O3. The van der Waals surface area contributed by atoms with E-state index in [-0.39, 0.29) is 18.4 Å². The molecule has 0 aliphatic heterocycles. The third-order valence-electron chi connectivity index (χ3n) is 3.76. The fraction of sp³-hybridized carbons (Fsp3) is 0.467. The number of anilines is 1. The molecule has 5 nitrogen and oxygen atoms in total. The maximum Gasteiger partial charge on any atom is 0.243 e. The third kappa shape index (κ3) is 4.12. The second-order valence-corrected chi connectivity index (χ2v) is 6.29. The third-order valence-corrected chi connectivity index (χ3v) is 4.50. The number of halogens is 2. The maximum absolute atomic E-state index is 12.2. The van der Waals surface area contributed by atoms with Crippen molar-refractivity contribution in [3.05, 3.63) is 28.2 Å². The molecule has 1 aromatic carbocycles. The fourth-order valence-electron chi connectivity index (χ4n) is 2.58. The Bertz CT molecular complexity index is 580. The maximum atomic E-state index is 12.2. The van der Waals surface area contributed by atoms with Crippen LogP contribution in [0, 0.1) is 5.92 Å². The highest BCUT2D eigenvalue weighted by Gasteiger charge is 2.33. The van der Waals surface area contributed by atoms with E-state index in [2.05, 4.69) is 5.32 Å². The first-order chi connectivity index (χ1) is 10.4. The lowest BCUT2D eigenvalue weighted by atomic mass is 10.0. The van der Waals surface area contributed by atoms with Gasteiger partial charge in [-0.3, -0.25) is 9.59 Å². The van der Waals surface area contributed by atoms with Crippen LogP contribution in [0.5, 0.6) is 0 Å². The van der Waals surface area contributed by atoms with E-state index in [9.17, 15) is 14.7 Å². The largest absolute Gasteiger partial charge is 0.392 e. The molecule has 0 bridgehead atoms. The molecule has 7 heteroatoms. The van der Waals surface area contributed by atoms with Crippen molar-refractivity contribution in [2.45, 2.75) is 25.4 Å². The Morgan fingerprint density at radius 1 is 1.32 bits per heavy atom. The zero-order valence-electron chi connectivity index (χ0n) is 12.2. The van der Waals surface area contributed by atoms with E-state index >= 15 is 0 Å². The summed E-state index contributed by atoms with van der Waals surface area (Å²) < 4.78 is 0. The number of nitrogens with zero attached hydrogens (tertiary/aromatic N) is 1. The van der Waals surface area contributed by atoms with E-state index in [1.54, 1.807) is 25.2 Å². The number of hydrogen-bond acceptors (Lipinski definition) is 3. The highest BCUT2D eigenvalue weighted by molar-refractivity contribution is 6.42. The van der Waals surface area contributed by atoms with Crippen molar-refractivity contribution in [2.24, 2.45) is 5.92 Å². The Balaban J connectivity index is 1.90. The lowest BCUT2D eigenvalue weighted by Gasteiger charge is -2.22. The Morgan fingerprint density at radius 3 is 2.64 bits per heavy atom. The molecule has 0 spiro atoms. The Hall–Kier alpha value is -1.30. The van der Waals surface area contributed by atoms with Crippen LogP contribution in [0.15, 0.2) is 18.2 Å². The van der Waals surface area contributed by atoms with Gasteiger partial charge in [0.05, 0.1) is 28.6 Å². The van der Waals surface area contributed by atoms with Crippen LogP contribution in [0.25, 0.3) is 0 Å². The smallest absolute Gasteiger partial charge is 0.243 e. The van der Waals surface area contributed by atoms with Gasteiger partial charge < -0.3 is 15.3 Å². The Kier molecular flexibility index (Phi) is 5.67. The summed E-state index contributed by atoms with van der Waals surface area (Å²) in [5.41, 5.74) is 0.515. The first-order valence-corrected chi connectivity index (χ1v) is 7.82. The van der Waals surface area contributed by atoms with Crippen molar-refractivity contribution in [1.82, 2.24) is 4.90 Å². The number of benzene rings is 1. The van der Waals surface area contributed by atoms with E-state index in [0.29, 0.717) is 28.6 Å². The van der Waals surface area contributed by atoms with E-state index in [0.717, 1.165) is 6.42 Å². The van der Waals surface area contributed by atoms with Gasteiger partial charge in [0.15, 0.2) is 0 Å². The molecule has 0 radical (unpaired) electrons. The molecule has 2 N–H and O–H groups in total. The van der Waals surface area contributed by atoms with Gasteiger partial charge in [-0.15, -0.1) is 0 Å². The van der Waals surface area contributed by atoms with Crippen molar-refractivity contribution < 1.29 is 14.7 Å². The molecule has 120 valence electrons. The van der Waals surface area contributed by atoms with Crippen LogP contribution in [-0.2, 0) is 9.59 Å². The molecule has 2 amide bonds. The van der Waals surface area contributed by atoms with E-state index in [1.807, 2.05) is 0 Å². The number of hydrogen-bond donors (Lipinski definition) is 2. The van der Waals surface area contributed by atoms with Gasteiger partial charge in [0.2, 0.25) is 11.8 Å². The van der Waals surface area contributed by atoms with Crippen LogP contribution in [0.4, 0.5) is 5.69 Å². The number of nitrogens with one attached hydrogen (secondary N) is 1. The summed E-state index contributed by atoms with van der Waals surface area (Å²) >= 11 is 11.7. The van der Waals surface area contributed by atoms with Gasteiger partial charge in [-0.25, -0.2) is 0 Å². The molecule has 0 aromatic heterocycles. The summed E-state index contributed by atoms with van der Waals surface area (Å²) in [6.45, 7) is -0.0811. The van der Waals surface area contributed by atoms with E-state index in [1.165, 1.54) is 4.90 Å².